The largest absolute Gasteiger partial charge is 0.506 e. The van der Waals surface area contributed by atoms with E-state index in [0.29, 0.717) is 11.1 Å². The van der Waals surface area contributed by atoms with Crippen molar-refractivity contribution in [3.63, 3.8) is 0 Å². The Morgan fingerprint density at radius 2 is 2.36 bits per heavy atom. The van der Waals surface area contributed by atoms with Crippen LogP contribution in [0.25, 0.3) is 0 Å². The third-order valence-electron chi connectivity index (χ3n) is 2.70. The van der Waals surface area contributed by atoms with E-state index in [1.807, 2.05) is 12.1 Å². The molecule has 1 aromatic carbocycles. The summed E-state index contributed by atoms with van der Waals surface area (Å²) in [7, 11) is 0. The van der Waals surface area contributed by atoms with Crippen LogP contribution in [-0.2, 0) is 6.42 Å². The van der Waals surface area contributed by atoms with Crippen LogP contribution in [0.1, 0.15) is 18.4 Å². The lowest BCUT2D eigenvalue weighted by molar-refractivity contribution is 0.462. The van der Waals surface area contributed by atoms with Crippen molar-refractivity contribution >= 4 is 11.6 Å². The van der Waals surface area contributed by atoms with E-state index >= 15 is 0 Å². The first-order valence-electron chi connectivity index (χ1n) is 4.97. The second-order valence-corrected chi connectivity index (χ2v) is 4.15. The predicted octanol–water partition coefficient (Wildman–Crippen LogP) is 2.34. The van der Waals surface area contributed by atoms with Crippen LogP contribution in [0.2, 0.25) is 5.02 Å². The minimum Gasteiger partial charge on any atom is -0.506 e. The molecule has 1 aliphatic heterocycles. The van der Waals surface area contributed by atoms with Gasteiger partial charge in [-0.3, -0.25) is 0 Å². The summed E-state index contributed by atoms with van der Waals surface area (Å²) in [4.78, 5) is 0. The Morgan fingerprint density at radius 3 is 3.07 bits per heavy atom. The van der Waals surface area contributed by atoms with Gasteiger partial charge in [0.25, 0.3) is 0 Å². The van der Waals surface area contributed by atoms with Gasteiger partial charge >= 0.3 is 0 Å². The molecule has 0 bridgehead atoms. The minimum absolute atomic E-state index is 0.239. The van der Waals surface area contributed by atoms with Crippen molar-refractivity contribution in [2.75, 3.05) is 6.54 Å². The summed E-state index contributed by atoms with van der Waals surface area (Å²) < 4.78 is 0. The molecule has 1 fully saturated rings. The van der Waals surface area contributed by atoms with E-state index in [4.69, 9.17) is 11.6 Å². The van der Waals surface area contributed by atoms with Crippen LogP contribution >= 0.6 is 11.6 Å². The van der Waals surface area contributed by atoms with Gasteiger partial charge in [-0.2, -0.15) is 0 Å². The second kappa shape index (κ2) is 4.20. The number of aromatic hydroxyl groups is 1. The molecule has 1 saturated heterocycles. The zero-order valence-electron chi connectivity index (χ0n) is 7.96. The number of phenols is 1. The third kappa shape index (κ3) is 2.02. The van der Waals surface area contributed by atoms with Gasteiger partial charge in [0.15, 0.2) is 0 Å². The molecule has 14 heavy (non-hydrogen) atoms. The Labute approximate surface area is 88.9 Å². The fourth-order valence-corrected chi connectivity index (χ4v) is 2.12. The lowest BCUT2D eigenvalue weighted by Crippen LogP contribution is -2.23. The number of benzene rings is 1. The van der Waals surface area contributed by atoms with Crippen molar-refractivity contribution in [1.82, 2.24) is 5.32 Å². The highest BCUT2D eigenvalue weighted by molar-refractivity contribution is 6.32. The Balaban J connectivity index is 2.11. The molecule has 2 N–H and O–H groups in total. The fourth-order valence-electron chi connectivity index (χ4n) is 1.92. The highest BCUT2D eigenvalue weighted by atomic mass is 35.5. The van der Waals surface area contributed by atoms with E-state index < -0.39 is 0 Å². The summed E-state index contributed by atoms with van der Waals surface area (Å²) >= 11 is 5.83. The molecule has 1 aliphatic rings. The first kappa shape index (κ1) is 9.81. The van der Waals surface area contributed by atoms with Crippen molar-refractivity contribution in [2.24, 2.45) is 0 Å². The highest BCUT2D eigenvalue weighted by Crippen LogP contribution is 2.28. The molecule has 2 nitrogen and oxygen atoms in total. The lowest BCUT2D eigenvalue weighted by Gasteiger charge is -2.11. The molecule has 0 aliphatic carbocycles. The molecule has 76 valence electrons. The number of rotatable bonds is 2. The average Bonchev–Trinajstić information content (AvgIpc) is 2.66. The topological polar surface area (TPSA) is 32.3 Å². The Morgan fingerprint density at radius 1 is 1.50 bits per heavy atom. The minimum atomic E-state index is 0.239. The predicted molar refractivity (Wildman–Crippen MR) is 57.8 cm³/mol. The van der Waals surface area contributed by atoms with Gasteiger partial charge in [-0.05, 0) is 37.4 Å². The van der Waals surface area contributed by atoms with Gasteiger partial charge in [0.2, 0.25) is 0 Å². The number of hydrogen-bond acceptors (Lipinski definition) is 2. The van der Waals surface area contributed by atoms with Gasteiger partial charge in [-0.1, -0.05) is 23.7 Å². The Kier molecular flexibility index (Phi) is 2.94. The van der Waals surface area contributed by atoms with Crippen LogP contribution in [-0.4, -0.2) is 17.7 Å². The maximum Gasteiger partial charge on any atom is 0.137 e. The maximum absolute atomic E-state index is 9.70. The number of phenolic OH excluding ortho intramolecular Hbond substituents is 1. The van der Waals surface area contributed by atoms with Gasteiger partial charge in [-0.15, -0.1) is 0 Å². The van der Waals surface area contributed by atoms with E-state index in [1.165, 1.54) is 12.8 Å². The zero-order chi connectivity index (χ0) is 9.97. The van der Waals surface area contributed by atoms with Crippen molar-refractivity contribution < 1.29 is 5.11 Å². The Bertz CT molecular complexity index is 321. The van der Waals surface area contributed by atoms with Crippen LogP contribution in [0.5, 0.6) is 5.75 Å². The average molecular weight is 212 g/mol. The van der Waals surface area contributed by atoms with Crippen molar-refractivity contribution in [2.45, 2.75) is 25.3 Å². The van der Waals surface area contributed by atoms with Crippen LogP contribution in [0.3, 0.4) is 0 Å². The molecule has 3 heteroatoms. The maximum atomic E-state index is 9.70. The lowest BCUT2D eigenvalue weighted by atomic mass is 10.0. The normalized spacial score (nSPS) is 21.4. The number of nitrogens with one attached hydrogen (secondary N) is 1. The molecule has 0 radical (unpaired) electrons. The molecule has 0 saturated carbocycles. The van der Waals surface area contributed by atoms with Crippen LogP contribution in [0.4, 0.5) is 0 Å². The fraction of sp³-hybridized carbons (Fsp3) is 0.455. The van der Waals surface area contributed by atoms with Crippen LogP contribution in [0.15, 0.2) is 18.2 Å². The molecule has 2 rings (SSSR count). The van der Waals surface area contributed by atoms with Crippen LogP contribution in [0, 0.1) is 0 Å². The van der Waals surface area contributed by atoms with Crippen molar-refractivity contribution in [1.29, 1.82) is 0 Å². The molecule has 1 unspecified atom stereocenters. The number of hydrogen-bond donors (Lipinski definition) is 2. The molecule has 1 atom stereocenters. The summed E-state index contributed by atoms with van der Waals surface area (Å²) in [6, 6.07) is 6.02. The van der Waals surface area contributed by atoms with Crippen molar-refractivity contribution in [3.05, 3.63) is 28.8 Å². The summed E-state index contributed by atoms with van der Waals surface area (Å²) in [6.45, 7) is 1.09. The summed E-state index contributed by atoms with van der Waals surface area (Å²) in [6.07, 6.45) is 3.28. The third-order valence-corrected chi connectivity index (χ3v) is 3.00. The summed E-state index contributed by atoms with van der Waals surface area (Å²) in [5.41, 5.74) is 0.942. The van der Waals surface area contributed by atoms with E-state index in [9.17, 15) is 5.11 Å². The van der Waals surface area contributed by atoms with E-state index in [-0.39, 0.29) is 5.75 Å². The molecular formula is C11H14ClNO. The van der Waals surface area contributed by atoms with Gasteiger partial charge in [0.05, 0.1) is 5.02 Å². The summed E-state index contributed by atoms with van der Waals surface area (Å²) in [5.74, 6) is 0.239. The molecule has 0 spiro atoms. The molecular weight excluding hydrogens is 198 g/mol. The first-order chi connectivity index (χ1) is 6.77. The number of para-hydroxylation sites is 1. The van der Waals surface area contributed by atoms with E-state index in [2.05, 4.69) is 5.32 Å². The van der Waals surface area contributed by atoms with Gasteiger partial charge < -0.3 is 10.4 Å². The smallest absolute Gasteiger partial charge is 0.137 e. The highest BCUT2D eigenvalue weighted by Gasteiger charge is 2.16. The van der Waals surface area contributed by atoms with Gasteiger partial charge in [0, 0.05) is 6.04 Å². The molecule has 1 aromatic rings. The number of halogens is 1. The molecule has 0 amide bonds. The van der Waals surface area contributed by atoms with E-state index in [1.54, 1.807) is 6.07 Å². The standard InChI is InChI=1S/C11H14ClNO/c12-10-5-1-3-8(11(10)14)7-9-4-2-6-13-9/h1,3,5,9,13-14H,2,4,6-7H2. The van der Waals surface area contributed by atoms with Gasteiger partial charge in [0.1, 0.15) is 5.75 Å². The monoisotopic (exact) mass is 211 g/mol. The quantitative estimate of drug-likeness (QED) is 0.787. The second-order valence-electron chi connectivity index (χ2n) is 3.74. The Hall–Kier alpha value is -0.730. The van der Waals surface area contributed by atoms with Gasteiger partial charge in [-0.25, -0.2) is 0 Å². The summed E-state index contributed by atoms with van der Waals surface area (Å²) in [5, 5.41) is 13.5. The molecule has 0 aromatic heterocycles. The molecule has 1 heterocycles. The van der Waals surface area contributed by atoms with E-state index in [0.717, 1.165) is 18.5 Å². The van der Waals surface area contributed by atoms with Crippen molar-refractivity contribution in [3.8, 4) is 5.75 Å². The SMILES string of the molecule is Oc1c(Cl)cccc1CC1CCCN1. The first-order valence-corrected chi connectivity index (χ1v) is 5.35. The van der Waals surface area contributed by atoms with Crippen LogP contribution < -0.4 is 5.32 Å². The zero-order valence-corrected chi connectivity index (χ0v) is 8.72.